The van der Waals surface area contributed by atoms with Crippen LogP contribution in [0.4, 0.5) is 10.1 Å². The minimum Gasteiger partial charge on any atom is -0.490 e. The third-order valence-electron chi connectivity index (χ3n) is 6.42. The molecule has 2 aliphatic heterocycles. The molecule has 2 heterocycles. The van der Waals surface area contributed by atoms with Crippen molar-refractivity contribution in [2.75, 3.05) is 32.7 Å². The Labute approximate surface area is 208 Å². The molecule has 10 heteroatoms. The predicted octanol–water partition coefficient (Wildman–Crippen LogP) is 2.50. The number of methoxy groups -OCH3 is 1. The number of likely N-dealkylation sites (N-methyl/N-ethyl adjacent to an activating group) is 1. The molecule has 0 aromatic heterocycles. The van der Waals surface area contributed by atoms with E-state index in [-0.39, 0.29) is 61.9 Å². The van der Waals surface area contributed by atoms with E-state index in [0.29, 0.717) is 35.4 Å². The Hall–Kier alpha value is -3.50. The number of hydrogen-bond acceptors (Lipinski definition) is 6. The number of carbonyl (C=O) groups is 3. The quantitative estimate of drug-likeness (QED) is 0.607. The topological polar surface area (TPSA) is 106 Å². The first-order chi connectivity index (χ1) is 17.4. The number of ether oxygens (including phenoxy) is 3. The molecular formula is C26H30FN3O6. The number of nitrogens with zero attached hydrogens (tertiary/aromatic N) is 1. The fraction of sp³-hybridized carbons (Fsp3) is 0.423. The van der Waals surface area contributed by atoms with Crippen LogP contribution in [0, 0.1) is 5.82 Å². The molecule has 0 aliphatic carbocycles. The fourth-order valence-electron chi connectivity index (χ4n) is 4.55. The summed E-state index contributed by atoms with van der Waals surface area (Å²) >= 11 is 0. The number of rotatable bonds is 7. The van der Waals surface area contributed by atoms with E-state index in [4.69, 9.17) is 14.2 Å². The Morgan fingerprint density at radius 2 is 1.97 bits per heavy atom. The van der Waals surface area contributed by atoms with Crippen LogP contribution < -0.4 is 15.4 Å². The molecule has 1 saturated heterocycles. The zero-order valence-corrected chi connectivity index (χ0v) is 20.3. The van der Waals surface area contributed by atoms with Crippen molar-refractivity contribution in [3.05, 3.63) is 59.4 Å². The molecule has 2 N–H and O–H groups in total. The van der Waals surface area contributed by atoms with Gasteiger partial charge in [-0.05, 0) is 37.1 Å². The van der Waals surface area contributed by atoms with Gasteiger partial charge in [0.05, 0.1) is 24.1 Å². The summed E-state index contributed by atoms with van der Waals surface area (Å²) in [6.07, 6.45) is 0.617. The summed E-state index contributed by atoms with van der Waals surface area (Å²) in [5, 5.41) is 5.44. The molecule has 2 aromatic rings. The summed E-state index contributed by atoms with van der Waals surface area (Å²) in [6, 6.07) is 11.0. The molecule has 0 unspecified atom stereocenters. The summed E-state index contributed by atoms with van der Waals surface area (Å²) in [4.78, 5) is 39.2. The number of hydrogen-bond donors (Lipinski definition) is 2. The molecule has 192 valence electrons. The number of fused-ring (bicyclic) bond motifs is 2. The number of nitrogens with one attached hydrogen (secondary N) is 2. The first kappa shape index (κ1) is 25.6. The lowest BCUT2D eigenvalue weighted by Gasteiger charge is -2.42. The maximum Gasteiger partial charge on any atom is 0.257 e. The van der Waals surface area contributed by atoms with Crippen LogP contribution in [-0.4, -0.2) is 68.2 Å². The average Bonchev–Trinajstić information content (AvgIpc) is 2.86. The Kier molecular flexibility index (Phi) is 8.17. The van der Waals surface area contributed by atoms with E-state index in [9.17, 15) is 18.8 Å². The maximum atomic E-state index is 13.8. The van der Waals surface area contributed by atoms with Crippen LogP contribution in [0.1, 0.15) is 35.2 Å². The van der Waals surface area contributed by atoms with Gasteiger partial charge in [-0.3, -0.25) is 14.4 Å². The SMILES string of the molecule is COCC(=O)Nc1ccc2c(c1)C(=O)N(C)[C@@H]1CC[C@@H](CC(=O)NCc3ccccc3F)O[C@@H]1CO2. The maximum absolute atomic E-state index is 13.8. The zero-order valence-electron chi connectivity index (χ0n) is 20.3. The van der Waals surface area contributed by atoms with Crippen molar-refractivity contribution >= 4 is 23.4 Å². The van der Waals surface area contributed by atoms with E-state index < -0.39 is 6.10 Å². The summed E-state index contributed by atoms with van der Waals surface area (Å²) in [7, 11) is 3.15. The van der Waals surface area contributed by atoms with Crippen molar-refractivity contribution in [2.45, 2.75) is 44.1 Å². The second kappa shape index (κ2) is 11.5. The monoisotopic (exact) mass is 499 g/mol. The van der Waals surface area contributed by atoms with Gasteiger partial charge in [0.25, 0.3) is 5.91 Å². The summed E-state index contributed by atoms with van der Waals surface area (Å²) in [5.41, 5.74) is 1.24. The largest absolute Gasteiger partial charge is 0.490 e. The molecule has 3 atom stereocenters. The first-order valence-electron chi connectivity index (χ1n) is 11.8. The highest BCUT2D eigenvalue weighted by Crippen LogP contribution is 2.32. The Balaban J connectivity index is 1.38. The van der Waals surface area contributed by atoms with E-state index >= 15 is 0 Å². The lowest BCUT2D eigenvalue weighted by molar-refractivity contribution is -0.134. The molecule has 2 aliphatic rings. The highest BCUT2D eigenvalue weighted by atomic mass is 19.1. The zero-order chi connectivity index (χ0) is 25.7. The van der Waals surface area contributed by atoms with Gasteiger partial charge in [0.2, 0.25) is 11.8 Å². The molecule has 3 amide bonds. The van der Waals surface area contributed by atoms with Crippen LogP contribution in [0.5, 0.6) is 5.75 Å². The predicted molar refractivity (Wildman–Crippen MR) is 129 cm³/mol. The van der Waals surface area contributed by atoms with Gasteiger partial charge in [-0.25, -0.2) is 4.39 Å². The fourth-order valence-corrected chi connectivity index (χ4v) is 4.55. The molecule has 1 fully saturated rings. The van der Waals surface area contributed by atoms with Crippen LogP contribution in [0.3, 0.4) is 0 Å². The number of carbonyl (C=O) groups excluding carboxylic acids is 3. The third-order valence-corrected chi connectivity index (χ3v) is 6.42. The molecule has 2 aromatic carbocycles. The molecule has 0 bridgehead atoms. The van der Waals surface area contributed by atoms with Gasteiger partial charge >= 0.3 is 0 Å². The molecule has 0 saturated carbocycles. The van der Waals surface area contributed by atoms with Gasteiger partial charge in [-0.1, -0.05) is 18.2 Å². The van der Waals surface area contributed by atoms with Gasteiger partial charge in [-0.15, -0.1) is 0 Å². The minimum absolute atomic E-state index is 0.0924. The number of halogens is 1. The standard InChI is InChI=1S/C26H30FN3O6/c1-30-21-9-8-18(12-24(31)28-13-16-5-3-4-6-20(16)27)36-23(21)14-35-22-10-7-17(11-19(22)26(30)33)29-25(32)15-34-2/h3-7,10-11,18,21,23H,8-9,12-15H2,1-2H3,(H,28,31)(H,29,32)/t18-,21+,23+/m0/s1. The van der Waals surface area contributed by atoms with E-state index in [0.717, 1.165) is 0 Å². The van der Waals surface area contributed by atoms with Crippen LogP contribution in [0.2, 0.25) is 0 Å². The molecule has 0 radical (unpaired) electrons. The van der Waals surface area contributed by atoms with E-state index in [1.54, 1.807) is 48.3 Å². The number of amides is 3. The van der Waals surface area contributed by atoms with Crippen LogP contribution in [0.25, 0.3) is 0 Å². The normalized spacial score (nSPS) is 21.4. The van der Waals surface area contributed by atoms with Gasteiger partial charge in [0.15, 0.2) is 0 Å². The highest BCUT2D eigenvalue weighted by molar-refractivity contribution is 6.00. The third kappa shape index (κ3) is 6.00. The van der Waals surface area contributed by atoms with Gasteiger partial charge < -0.3 is 29.7 Å². The number of anilines is 1. The minimum atomic E-state index is -0.411. The van der Waals surface area contributed by atoms with E-state index in [1.165, 1.54) is 13.2 Å². The van der Waals surface area contributed by atoms with Gasteiger partial charge in [-0.2, -0.15) is 0 Å². The summed E-state index contributed by atoms with van der Waals surface area (Å²) < 4.78 is 30.7. The highest BCUT2D eigenvalue weighted by Gasteiger charge is 2.39. The Morgan fingerprint density at radius 3 is 2.75 bits per heavy atom. The van der Waals surface area contributed by atoms with Crippen LogP contribution >= 0.6 is 0 Å². The first-order valence-corrected chi connectivity index (χ1v) is 11.8. The summed E-state index contributed by atoms with van der Waals surface area (Å²) in [5.74, 6) is -0.768. The smallest absolute Gasteiger partial charge is 0.257 e. The van der Waals surface area contributed by atoms with Crippen molar-refractivity contribution in [1.82, 2.24) is 10.2 Å². The Morgan fingerprint density at radius 1 is 1.17 bits per heavy atom. The van der Waals surface area contributed by atoms with Gasteiger partial charge in [0, 0.05) is 32.0 Å². The lowest BCUT2D eigenvalue weighted by Crippen LogP contribution is -2.53. The molecular weight excluding hydrogens is 469 g/mol. The lowest BCUT2D eigenvalue weighted by atomic mass is 9.94. The molecule has 4 rings (SSSR count). The van der Waals surface area contributed by atoms with Gasteiger partial charge in [0.1, 0.15) is 30.9 Å². The Bertz CT molecular complexity index is 1130. The van der Waals surface area contributed by atoms with Crippen molar-refractivity contribution in [2.24, 2.45) is 0 Å². The molecule has 9 nitrogen and oxygen atoms in total. The molecule has 0 spiro atoms. The van der Waals surface area contributed by atoms with Crippen molar-refractivity contribution in [3.63, 3.8) is 0 Å². The van der Waals surface area contributed by atoms with E-state index in [1.807, 2.05) is 0 Å². The molecule has 36 heavy (non-hydrogen) atoms. The van der Waals surface area contributed by atoms with Crippen molar-refractivity contribution in [1.29, 1.82) is 0 Å². The van der Waals surface area contributed by atoms with Crippen LogP contribution in [0.15, 0.2) is 42.5 Å². The second-order valence-corrected chi connectivity index (χ2v) is 8.93. The second-order valence-electron chi connectivity index (χ2n) is 8.93. The van der Waals surface area contributed by atoms with Crippen molar-refractivity contribution in [3.8, 4) is 5.75 Å². The average molecular weight is 500 g/mol. The van der Waals surface area contributed by atoms with Crippen LogP contribution in [-0.2, 0) is 25.6 Å². The van der Waals surface area contributed by atoms with Crippen molar-refractivity contribution < 1.29 is 33.0 Å². The number of benzene rings is 2. The van der Waals surface area contributed by atoms with E-state index in [2.05, 4.69) is 10.6 Å². The summed E-state index contributed by atoms with van der Waals surface area (Å²) in [6.45, 7) is 0.220.